The van der Waals surface area contributed by atoms with Crippen molar-refractivity contribution in [2.75, 3.05) is 19.8 Å². The Labute approximate surface area is 191 Å². The van der Waals surface area contributed by atoms with Crippen molar-refractivity contribution in [1.29, 1.82) is 0 Å². The number of pyridine rings is 1. The molecule has 5 rings (SSSR count). The average molecular weight is 448 g/mol. The third-order valence-electron chi connectivity index (χ3n) is 6.23. The third-order valence-corrected chi connectivity index (χ3v) is 6.23. The molecule has 2 aromatic carbocycles. The van der Waals surface area contributed by atoms with Crippen LogP contribution in [0.25, 0.3) is 21.8 Å². The highest BCUT2D eigenvalue weighted by molar-refractivity contribution is 6.10. The van der Waals surface area contributed by atoms with Crippen molar-refractivity contribution >= 4 is 27.7 Å². The molecule has 2 aromatic heterocycles. The van der Waals surface area contributed by atoms with E-state index in [1.165, 1.54) is 6.07 Å². The molecule has 4 aromatic rings. The summed E-state index contributed by atoms with van der Waals surface area (Å²) in [7, 11) is 0. The van der Waals surface area contributed by atoms with Crippen molar-refractivity contribution in [3.05, 3.63) is 70.8 Å². The number of aliphatic hydroxyl groups excluding tert-OH is 1. The number of fused-ring (bicyclic) bond motifs is 5. The minimum absolute atomic E-state index is 0.0703. The first-order valence-electron chi connectivity index (χ1n) is 11.3. The van der Waals surface area contributed by atoms with Gasteiger partial charge in [0.05, 0.1) is 36.7 Å². The molecule has 1 aliphatic heterocycles. The van der Waals surface area contributed by atoms with Crippen LogP contribution in [0.5, 0.6) is 5.75 Å². The number of benzene rings is 2. The number of nitrogens with one attached hydrogen (secondary N) is 1. The van der Waals surface area contributed by atoms with Crippen LogP contribution in [-0.2, 0) is 24.2 Å². The highest BCUT2D eigenvalue weighted by Gasteiger charge is 2.26. The highest BCUT2D eigenvalue weighted by atomic mass is 19.1. The summed E-state index contributed by atoms with van der Waals surface area (Å²) in [5.74, 6) is -0.214. The number of para-hydroxylation sites is 1. The largest absolute Gasteiger partial charge is 0.491 e. The molecule has 0 bridgehead atoms. The maximum Gasteiger partial charge on any atom is 0.225 e. The van der Waals surface area contributed by atoms with Crippen LogP contribution in [0.1, 0.15) is 35.9 Å². The summed E-state index contributed by atoms with van der Waals surface area (Å²) in [6.45, 7) is 3.08. The topological polar surface area (TPSA) is 78.5 Å². The lowest BCUT2D eigenvalue weighted by molar-refractivity contribution is -0.132. The van der Waals surface area contributed by atoms with Crippen LogP contribution in [-0.4, -0.2) is 45.6 Å². The molecular formula is C26H26FN3O3. The zero-order chi connectivity index (χ0) is 22.9. The first kappa shape index (κ1) is 21.4. The van der Waals surface area contributed by atoms with Crippen molar-refractivity contribution in [3.63, 3.8) is 0 Å². The first-order chi connectivity index (χ1) is 16.1. The standard InChI is InChI=1S/C26H26FN3O3/c1-2-33-23-8-7-16(13-19(23)27)14-21-26-25(17-5-3-4-6-20(17)29-26)18-9-11-30(15-22(18)28-21)24(32)10-12-31/h3-8,13,29,31H,2,9-12,14-15H2,1H3. The Balaban J connectivity index is 1.61. The Bertz CT molecular complexity index is 1350. The van der Waals surface area contributed by atoms with Crippen LogP contribution in [0.4, 0.5) is 4.39 Å². The molecule has 0 atom stereocenters. The Morgan fingerprint density at radius 1 is 1.27 bits per heavy atom. The van der Waals surface area contributed by atoms with Crippen molar-refractivity contribution < 1.29 is 19.0 Å². The third kappa shape index (κ3) is 3.93. The molecule has 6 nitrogen and oxygen atoms in total. The summed E-state index contributed by atoms with van der Waals surface area (Å²) < 4.78 is 19.8. The summed E-state index contributed by atoms with van der Waals surface area (Å²) in [4.78, 5) is 22.7. The molecule has 0 saturated carbocycles. The molecule has 33 heavy (non-hydrogen) atoms. The van der Waals surface area contributed by atoms with Gasteiger partial charge in [0.1, 0.15) is 0 Å². The second kappa shape index (κ2) is 8.83. The monoisotopic (exact) mass is 447 g/mol. The number of halogens is 1. The zero-order valence-corrected chi connectivity index (χ0v) is 18.5. The quantitative estimate of drug-likeness (QED) is 0.466. The van der Waals surface area contributed by atoms with Gasteiger partial charge in [-0.3, -0.25) is 9.78 Å². The Hall–Kier alpha value is -3.45. The van der Waals surface area contributed by atoms with Gasteiger partial charge in [-0.05, 0) is 42.7 Å². The molecule has 0 saturated heterocycles. The van der Waals surface area contributed by atoms with Crippen LogP contribution in [0.3, 0.4) is 0 Å². The number of nitrogens with zero attached hydrogens (tertiary/aromatic N) is 2. The number of aliphatic hydroxyl groups is 1. The fourth-order valence-electron chi connectivity index (χ4n) is 4.72. The number of aromatic nitrogens is 2. The molecule has 0 radical (unpaired) electrons. The summed E-state index contributed by atoms with van der Waals surface area (Å²) in [6, 6.07) is 13.2. The van der Waals surface area contributed by atoms with Crippen LogP contribution >= 0.6 is 0 Å². The molecule has 3 heterocycles. The van der Waals surface area contributed by atoms with Crippen molar-refractivity contribution in [2.45, 2.75) is 32.7 Å². The fraction of sp³-hybridized carbons (Fsp3) is 0.308. The number of rotatable bonds is 6. The van der Waals surface area contributed by atoms with Crippen LogP contribution in [0.2, 0.25) is 0 Å². The Morgan fingerprint density at radius 3 is 2.91 bits per heavy atom. The maximum atomic E-state index is 14.5. The SMILES string of the molecule is CCOc1ccc(Cc2nc3c(c4c2[nH]c2ccccc24)CCN(C(=O)CCO)C3)cc1F. The molecule has 2 N–H and O–H groups in total. The molecule has 0 aliphatic carbocycles. The number of H-pyrrole nitrogens is 1. The van der Waals surface area contributed by atoms with Gasteiger partial charge in [0.15, 0.2) is 11.6 Å². The maximum absolute atomic E-state index is 14.5. The predicted octanol–water partition coefficient (Wildman–Crippen LogP) is 4.11. The van der Waals surface area contributed by atoms with Gasteiger partial charge >= 0.3 is 0 Å². The first-order valence-corrected chi connectivity index (χ1v) is 11.3. The van der Waals surface area contributed by atoms with E-state index < -0.39 is 0 Å². The van der Waals surface area contributed by atoms with Gasteiger partial charge in [-0.15, -0.1) is 0 Å². The molecule has 1 aliphatic rings. The van der Waals surface area contributed by atoms with Gasteiger partial charge in [0.2, 0.25) is 5.91 Å². The number of carbonyl (C=O) groups is 1. The molecular weight excluding hydrogens is 421 g/mol. The van der Waals surface area contributed by atoms with Gasteiger partial charge in [-0.2, -0.15) is 0 Å². The second-order valence-corrected chi connectivity index (χ2v) is 8.32. The number of ether oxygens (including phenoxy) is 1. The molecule has 0 unspecified atom stereocenters. The molecule has 7 heteroatoms. The van der Waals surface area contributed by atoms with E-state index in [0.29, 0.717) is 32.5 Å². The van der Waals surface area contributed by atoms with Crippen molar-refractivity contribution in [3.8, 4) is 5.75 Å². The van der Waals surface area contributed by atoms with Crippen LogP contribution < -0.4 is 4.74 Å². The molecule has 0 fully saturated rings. The fourth-order valence-corrected chi connectivity index (χ4v) is 4.72. The summed E-state index contributed by atoms with van der Waals surface area (Å²) in [6.07, 6.45) is 1.27. The summed E-state index contributed by atoms with van der Waals surface area (Å²) >= 11 is 0. The lowest BCUT2D eigenvalue weighted by Crippen LogP contribution is -2.37. The number of amides is 1. The Kier molecular flexibility index (Phi) is 5.72. The minimum Gasteiger partial charge on any atom is -0.491 e. The van der Waals surface area contributed by atoms with Gasteiger partial charge in [0, 0.05) is 35.7 Å². The number of hydrogen-bond donors (Lipinski definition) is 2. The van der Waals surface area contributed by atoms with Gasteiger partial charge in [-0.25, -0.2) is 4.39 Å². The van der Waals surface area contributed by atoms with E-state index in [0.717, 1.165) is 44.3 Å². The summed E-state index contributed by atoms with van der Waals surface area (Å²) in [5.41, 5.74) is 5.62. The lowest BCUT2D eigenvalue weighted by Gasteiger charge is -2.29. The highest BCUT2D eigenvalue weighted by Crippen LogP contribution is 2.35. The van der Waals surface area contributed by atoms with E-state index >= 15 is 0 Å². The minimum atomic E-state index is -0.388. The zero-order valence-electron chi connectivity index (χ0n) is 18.5. The molecule has 1 amide bonds. The van der Waals surface area contributed by atoms with Crippen LogP contribution in [0, 0.1) is 5.82 Å². The second-order valence-electron chi connectivity index (χ2n) is 8.32. The van der Waals surface area contributed by atoms with E-state index in [-0.39, 0.29) is 30.5 Å². The number of carbonyl (C=O) groups excluding carboxylic acids is 1. The average Bonchev–Trinajstić information content (AvgIpc) is 3.21. The number of aromatic amines is 1. The predicted molar refractivity (Wildman–Crippen MR) is 125 cm³/mol. The smallest absolute Gasteiger partial charge is 0.225 e. The van der Waals surface area contributed by atoms with Crippen molar-refractivity contribution in [1.82, 2.24) is 14.9 Å². The lowest BCUT2D eigenvalue weighted by atomic mass is 9.96. The van der Waals surface area contributed by atoms with Gasteiger partial charge in [-0.1, -0.05) is 24.3 Å². The normalized spacial score (nSPS) is 13.5. The van der Waals surface area contributed by atoms with Crippen molar-refractivity contribution in [2.24, 2.45) is 0 Å². The van der Waals surface area contributed by atoms with E-state index in [1.807, 2.05) is 31.2 Å². The van der Waals surface area contributed by atoms with E-state index in [4.69, 9.17) is 9.72 Å². The van der Waals surface area contributed by atoms with E-state index in [2.05, 4.69) is 11.1 Å². The molecule has 0 spiro atoms. The van der Waals surface area contributed by atoms with Crippen LogP contribution in [0.15, 0.2) is 42.5 Å². The molecule has 170 valence electrons. The summed E-state index contributed by atoms with van der Waals surface area (Å²) in [5, 5.41) is 11.4. The Morgan fingerprint density at radius 2 is 2.12 bits per heavy atom. The van der Waals surface area contributed by atoms with E-state index in [1.54, 1.807) is 11.0 Å². The van der Waals surface area contributed by atoms with E-state index in [9.17, 15) is 14.3 Å². The van der Waals surface area contributed by atoms with Gasteiger partial charge in [0.25, 0.3) is 0 Å². The number of hydrogen-bond acceptors (Lipinski definition) is 4. The van der Waals surface area contributed by atoms with Gasteiger partial charge < -0.3 is 19.7 Å².